The summed E-state index contributed by atoms with van der Waals surface area (Å²) in [4.78, 5) is 49.0. The van der Waals surface area contributed by atoms with Crippen LogP contribution in [-0.2, 0) is 9.59 Å². The number of rotatable bonds is 7. The Morgan fingerprint density at radius 2 is 2.00 bits per heavy atom. The van der Waals surface area contributed by atoms with Crippen LogP contribution in [0.25, 0.3) is 17.4 Å². The summed E-state index contributed by atoms with van der Waals surface area (Å²) in [5.74, 6) is -0.0168. The van der Waals surface area contributed by atoms with Gasteiger partial charge >= 0.3 is 0 Å². The van der Waals surface area contributed by atoms with E-state index < -0.39 is 28.5 Å². The second-order valence-corrected chi connectivity index (χ2v) is 8.99. The molecule has 0 atom stereocenters. The van der Waals surface area contributed by atoms with Crippen LogP contribution in [0.15, 0.2) is 68.4 Å². The number of furan rings is 1. The fourth-order valence-electron chi connectivity index (χ4n) is 3.24. The van der Waals surface area contributed by atoms with Gasteiger partial charge < -0.3 is 14.5 Å². The van der Waals surface area contributed by atoms with Gasteiger partial charge in [0.2, 0.25) is 5.91 Å². The summed E-state index contributed by atoms with van der Waals surface area (Å²) in [7, 11) is 1.46. The fraction of sp³-hybridized carbons (Fsp3) is 0.0870. The van der Waals surface area contributed by atoms with Crippen molar-refractivity contribution in [3.63, 3.8) is 0 Å². The first-order chi connectivity index (χ1) is 16.8. The molecule has 0 saturated carbocycles. The number of hydrogen-bond acceptors (Lipinski definition) is 8. The molecule has 1 fully saturated rings. The van der Waals surface area contributed by atoms with Crippen LogP contribution in [0.4, 0.5) is 16.2 Å². The lowest BCUT2D eigenvalue weighted by Gasteiger charge is -2.14. The number of para-hydroxylation sites is 2. The van der Waals surface area contributed by atoms with E-state index in [1.807, 2.05) is 0 Å². The molecule has 1 aromatic heterocycles. The van der Waals surface area contributed by atoms with Crippen molar-refractivity contribution in [2.75, 3.05) is 19.0 Å². The molecule has 1 aliphatic rings. The zero-order valence-corrected chi connectivity index (χ0v) is 20.4. The Morgan fingerprint density at radius 1 is 1.23 bits per heavy atom. The SMILES string of the molecule is COc1ccccc1NC(=O)CN1C(=O)S/C(=C/c2ccc(-c3ccc([N+](=O)[O-])cc3Br)o2)C1=O. The molecular weight excluding hydrogens is 542 g/mol. The quantitative estimate of drug-likeness (QED) is 0.235. The molecular formula is C23H16BrN3O7S. The molecule has 1 aliphatic heterocycles. The number of halogens is 1. The van der Waals surface area contributed by atoms with Crippen molar-refractivity contribution < 1.29 is 28.5 Å². The molecule has 0 aliphatic carbocycles. The number of carbonyl (C=O) groups is 3. The number of imide groups is 1. The van der Waals surface area contributed by atoms with Gasteiger partial charge in [-0.15, -0.1) is 0 Å². The maximum atomic E-state index is 12.8. The number of thioether (sulfide) groups is 1. The molecule has 178 valence electrons. The first kappa shape index (κ1) is 24.2. The average Bonchev–Trinajstić information content (AvgIpc) is 3.39. The predicted octanol–water partition coefficient (Wildman–Crippen LogP) is 5.30. The minimum Gasteiger partial charge on any atom is -0.495 e. The minimum absolute atomic E-state index is 0.0733. The highest BCUT2D eigenvalue weighted by atomic mass is 79.9. The van der Waals surface area contributed by atoms with Gasteiger partial charge in [-0.1, -0.05) is 12.1 Å². The molecule has 2 heterocycles. The molecule has 2 aromatic carbocycles. The van der Waals surface area contributed by atoms with E-state index in [1.54, 1.807) is 42.5 Å². The maximum absolute atomic E-state index is 12.8. The monoisotopic (exact) mass is 557 g/mol. The summed E-state index contributed by atoms with van der Waals surface area (Å²) in [5, 5.41) is 13.0. The summed E-state index contributed by atoms with van der Waals surface area (Å²) in [6.45, 7) is -0.459. The van der Waals surface area contributed by atoms with Crippen molar-refractivity contribution in [2.24, 2.45) is 0 Å². The van der Waals surface area contributed by atoms with Gasteiger partial charge in [-0.3, -0.25) is 29.4 Å². The van der Waals surface area contributed by atoms with Crippen molar-refractivity contribution in [1.29, 1.82) is 0 Å². The van der Waals surface area contributed by atoms with Gasteiger partial charge in [0.15, 0.2) is 0 Å². The van der Waals surface area contributed by atoms with Crippen LogP contribution in [0.3, 0.4) is 0 Å². The first-order valence-electron chi connectivity index (χ1n) is 9.99. The topological polar surface area (TPSA) is 132 Å². The summed E-state index contributed by atoms with van der Waals surface area (Å²) >= 11 is 3.99. The van der Waals surface area contributed by atoms with Crippen molar-refractivity contribution in [1.82, 2.24) is 4.90 Å². The molecule has 0 spiro atoms. The Labute approximate surface area is 211 Å². The number of carbonyl (C=O) groups excluding carboxylic acids is 3. The predicted molar refractivity (Wildman–Crippen MR) is 133 cm³/mol. The molecule has 0 unspecified atom stereocenters. The van der Waals surface area contributed by atoms with Crippen LogP contribution < -0.4 is 10.1 Å². The van der Waals surface area contributed by atoms with E-state index in [0.29, 0.717) is 44.8 Å². The second-order valence-electron chi connectivity index (χ2n) is 7.14. The first-order valence-corrected chi connectivity index (χ1v) is 11.6. The van der Waals surface area contributed by atoms with Gasteiger partial charge in [0.05, 0.1) is 22.6 Å². The number of non-ortho nitro benzene ring substituents is 1. The highest BCUT2D eigenvalue weighted by Gasteiger charge is 2.36. The minimum atomic E-state index is -0.621. The van der Waals surface area contributed by atoms with Gasteiger partial charge in [0.1, 0.15) is 23.8 Å². The number of benzene rings is 2. The maximum Gasteiger partial charge on any atom is 0.294 e. The highest BCUT2D eigenvalue weighted by Crippen LogP contribution is 2.35. The smallest absolute Gasteiger partial charge is 0.294 e. The molecule has 12 heteroatoms. The van der Waals surface area contributed by atoms with Gasteiger partial charge in [0.25, 0.3) is 16.8 Å². The van der Waals surface area contributed by atoms with Crippen LogP contribution in [0, 0.1) is 10.1 Å². The number of amides is 3. The fourth-order valence-corrected chi connectivity index (χ4v) is 4.62. The summed E-state index contributed by atoms with van der Waals surface area (Å²) in [5.41, 5.74) is 0.926. The van der Waals surface area contributed by atoms with Crippen LogP contribution in [-0.4, -0.2) is 40.5 Å². The largest absolute Gasteiger partial charge is 0.495 e. The highest BCUT2D eigenvalue weighted by molar-refractivity contribution is 9.10. The number of nitrogens with one attached hydrogen (secondary N) is 1. The van der Waals surface area contributed by atoms with Crippen LogP contribution >= 0.6 is 27.7 Å². The van der Waals surface area contributed by atoms with Crippen LogP contribution in [0.5, 0.6) is 5.75 Å². The molecule has 0 radical (unpaired) electrons. The van der Waals surface area contributed by atoms with E-state index in [1.165, 1.54) is 25.3 Å². The normalized spacial score (nSPS) is 14.5. The summed E-state index contributed by atoms with van der Waals surface area (Å²) in [6, 6.07) is 14.3. The van der Waals surface area contributed by atoms with Gasteiger partial charge in [-0.2, -0.15) is 0 Å². The molecule has 4 rings (SSSR count). The van der Waals surface area contributed by atoms with E-state index >= 15 is 0 Å². The Bertz CT molecular complexity index is 1380. The molecule has 1 saturated heterocycles. The van der Waals surface area contributed by atoms with Crippen molar-refractivity contribution in [2.45, 2.75) is 0 Å². The van der Waals surface area contributed by atoms with Crippen molar-refractivity contribution >= 4 is 62.2 Å². The lowest BCUT2D eigenvalue weighted by molar-refractivity contribution is -0.384. The second kappa shape index (κ2) is 10.2. The average molecular weight is 558 g/mol. The number of methoxy groups -OCH3 is 1. The Hall–Kier alpha value is -3.90. The van der Waals surface area contributed by atoms with Gasteiger partial charge in [-0.25, -0.2) is 0 Å². The number of ether oxygens (including phenoxy) is 1. The number of nitrogens with zero attached hydrogens (tertiary/aromatic N) is 2. The molecule has 10 nitrogen and oxygen atoms in total. The molecule has 0 bridgehead atoms. The van der Waals surface area contributed by atoms with Gasteiger partial charge in [0, 0.05) is 28.2 Å². The zero-order valence-electron chi connectivity index (χ0n) is 18.0. The van der Waals surface area contributed by atoms with E-state index in [9.17, 15) is 24.5 Å². The third-order valence-corrected chi connectivity index (χ3v) is 6.45. The van der Waals surface area contributed by atoms with E-state index in [2.05, 4.69) is 21.2 Å². The third kappa shape index (κ3) is 5.28. The lowest BCUT2D eigenvalue weighted by Crippen LogP contribution is -2.36. The standard InChI is InChI=1S/C23H16BrN3O7S/c1-33-19-5-3-2-4-17(19)25-21(28)12-26-22(29)20(35-23(26)30)11-14-7-9-18(34-14)15-8-6-13(27(31)32)10-16(15)24/h2-11H,12H2,1H3,(H,25,28)/b20-11+. The van der Waals surface area contributed by atoms with E-state index in [-0.39, 0.29) is 10.6 Å². The summed E-state index contributed by atoms with van der Waals surface area (Å²) in [6.07, 6.45) is 1.41. The zero-order chi connectivity index (χ0) is 25.1. The van der Waals surface area contributed by atoms with Crippen molar-refractivity contribution in [3.05, 3.63) is 79.8 Å². The van der Waals surface area contributed by atoms with Crippen molar-refractivity contribution in [3.8, 4) is 17.1 Å². The molecule has 35 heavy (non-hydrogen) atoms. The molecule has 1 N–H and O–H groups in total. The summed E-state index contributed by atoms with van der Waals surface area (Å²) < 4.78 is 11.4. The Kier molecular flexibility index (Phi) is 7.03. The van der Waals surface area contributed by atoms with Gasteiger partial charge in [-0.05, 0) is 58.0 Å². The number of nitro benzene ring substituents is 1. The Morgan fingerprint density at radius 3 is 2.71 bits per heavy atom. The third-order valence-electron chi connectivity index (χ3n) is 4.89. The number of anilines is 1. The number of nitro groups is 1. The molecule has 3 aromatic rings. The van der Waals surface area contributed by atoms with Crippen LogP contribution in [0.2, 0.25) is 0 Å². The van der Waals surface area contributed by atoms with Crippen LogP contribution in [0.1, 0.15) is 5.76 Å². The van der Waals surface area contributed by atoms with E-state index in [0.717, 1.165) is 4.90 Å². The number of hydrogen-bond donors (Lipinski definition) is 1. The van der Waals surface area contributed by atoms with E-state index in [4.69, 9.17) is 9.15 Å². The Balaban J connectivity index is 1.47. The lowest BCUT2D eigenvalue weighted by atomic mass is 10.1. The molecule has 3 amide bonds.